The van der Waals surface area contributed by atoms with E-state index in [0.29, 0.717) is 28.9 Å². The van der Waals surface area contributed by atoms with Crippen molar-refractivity contribution in [1.82, 2.24) is 20.0 Å². The molecule has 138 valence electrons. The molecule has 0 bridgehead atoms. The molecule has 0 unspecified atom stereocenters. The van der Waals surface area contributed by atoms with E-state index in [1.54, 1.807) is 19.1 Å². The molecule has 0 aliphatic carbocycles. The minimum atomic E-state index is -4.51. The second-order valence-corrected chi connectivity index (χ2v) is 6.84. The lowest BCUT2D eigenvalue weighted by atomic mass is 10.1. The van der Waals surface area contributed by atoms with Gasteiger partial charge in [-0.15, -0.1) is 10.2 Å². The van der Waals surface area contributed by atoms with Gasteiger partial charge in [-0.25, -0.2) is 0 Å². The van der Waals surface area contributed by atoms with Gasteiger partial charge in [-0.2, -0.15) is 18.3 Å². The third kappa shape index (κ3) is 4.27. The van der Waals surface area contributed by atoms with Gasteiger partial charge in [-0.3, -0.25) is 4.68 Å². The SMILES string of the molecule is Cc1c(Br)c(C(F)(F)F)nn1CCc1nnc(Cc2ccc(Cl)cc2)o1. The fourth-order valence-electron chi connectivity index (χ4n) is 2.36. The Hall–Kier alpha value is -1.87. The largest absolute Gasteiger partial charge is 0.436 e. The third-order valence-electron chi connectivity index (χ3n) is 3.72. The summed E-state index contributed by atoms with van der Waals surface area (Å²) in [7, 11) is 0. The van der Waals surface area contributed by atoms with Crippen LogP contribution in [0.1, 0.15) is 28.7 Å². The van der Waals surface area contributed by atoms with E-state index in [9.17, 15) is 13.2 Å². The summed E-state index contributed by atoms with van der Waals surface area (Å²) in [5.74, 6) is 0.769. The fraction of sp³-hybridized carbons (Fsp3) is 0.312. The topological polar surface area (TPSA) is 56.7 Å². The van der Waals surface area contributed by atoms with Crippen LogP contribution < -0.4 is 0 Å². The Labute approximate surface area is 160 Å². The number of hydrogen-bond acceptors (Lipinski definition) is 4. The zero-order chi connectivity index (χ0) is 18.9. The quantitative estimate of drug-likeness (QED) is 0.559. The number of aryl methyl sites for hydroxylation is 2. The lowest BCUT2D eigenvalue weighted by Crippen LogP contribution is -2.10. The lowest BCUT2D eigenvalue weighted by molar-refractivity contribution is -0.142. The van der Waals surface area contributed by atoms with Gasteiger partial charge < -0.3 is 4.42 Å². The van der Waals surface area contributed by atoms with Gasteiger partial charge in [0.15, 0.2) is 5.69 Å². The summed E-state index contributed by atoms with van der Waals surface area (Å²) >= 11 is 8.78. The van der Waals surface area contributed by atoms with Crippen LogP contribution in [-0.4, -0.2) is 20.0 Å². The molecule has 0 atom stereocenters. The molecule has 0 aliphatic heterocycles. The molecule has 26 heavy (non-hydrogen) atoms. The fourth-order valence-corrected chi connectivity index (χ4v) is 3.00. The molecule has 1 aromatic carbocycles. The average molecular weight is 450 g/mol. The van der Waals surface area contributed by atoms with Crippen molar-refractivity contribution in [3.8, 4) is 0 Å². The Morgan fingerprint density at radius 2 is 1.81 bits per heavy atom. The molecule has 5 nitrogen and oxygen atoms in total. The Bertz CT molecular complexity index is 905. The standard InChI is InChI=1S/C16H13BrClF3N4O/c1-9-14(17)15(16(19,20)21)24-25(9)7-6-12-22-23-13(26-12)8-10-2-4-11(18)5-3-10/h2-5H,6-8H2,1H3. The van der Waals surface area contributed by atoms with Crippen LogP contribution in [0, 0.1) is 6.92 Å². The second kappa shape index (κ2) is 7.40. The number of benzene rings is 1. The molecule has 3 aromatic rings. The highest BCUT2D eigenvalue weighted by molar-refractivity contribution is 9.10. The maximum absolute atomic E-state index is 12.9. The smallest absolute Gasteiger partial charge is 0.425 e. The van der Waals surface area contributed by atoms with Crippen LogP contribution in [0.3, 0.4) is 0 Å². The van der Waals surface area contributed by atoms with Crippen molar-refractivity contribution < 1.29 is 17.6 Å². The maximum Gasteiger partial charge on any atom is 0.436 e. The van der Waals surface area contributed by atoms with Crippen LogP contribution in [0.15, 0.2) is 33.2 Å². The van der Waals surface area contributed by atoms with Crippen molar-refractivity contribution in [3.63, 3.8) is 0 Å². The number of hydrogen-bond donors (Lipinski definition) is 0. The van der Waals surface area contributed by atoms with E-state index in [-0.39, 0.29) is 17.4 Å². The summed E-state index contributed by atoms with van der Waals surface area (Å²) in [6.07, 6.45) is -3.78. The van der Waals surface area contributed by atoms with Crippen LogP contribution in [0.4, 0.5) is 13.2 Å². The van der Waals surface area contributed by atoms with E-state index in [1.165, 1.54) is 4.68 Å². The maximum atomic E-state index is 12.9. The predicted molar refractivity (Wildman–Crippen MR) is 91.9 cm³/mol. The van der Waals surface area contributed by atoms with Crippen molar-refractivity contribution in [2.45, 2.75) is 32.5 Å². The highest BCUT2D eigenvalue weighted by atomic mass is 79.9. The molecule has 0 radical (unpaired) electrons. The van der Waals surface area contributed by atoms with Crippen molar-refractivity contribution in [3.05, 3.63) is 62.5 Å². The van der Waals surface area contributed by atoms with Crippen LogP contribution in [0.2, 0.25) is 5.02 Å². The van der Waals surface area contributed by atoms with Gasteiger partial charge in [-0.1, -0.05) is 23.7 Å². The first kappa shape index (κ1) is 18.9. The van der Waals surface area contributed by atoms with Gasteiger partial charge in [0.1, 0.15) is 0 Å². The average Bonchev–Trinajstić information content (AvgIpc) is 3.13. The van der Waals surface area contributed by atoms with Crippen LogP contribution in [0.25, 0.3) is 0 Å². The van der Waals surface area contributed by atoms with E-state index >= 15 is 0 Å². The van der Waals surface area contributed by atoms with Gasteiger partial charge in [0, 0.05) is 18.0 Å². The van der Waals surface area contributed by atoms with Crippen LogP contribution >= 0.6 is 27.5 Å². The van der Waals surface area contributed by atoms with E-state index in [1.807, 2.05) is 12.1 Å². The van der Waals surface area contributed by atoms with Crippen molar-refractivity contribution in [2.75, 3.05) is 0 Å². The third-order valence-corrected chi connectivity index (χ3v) is 4.92. The number of alkyl halides is 3. The van der Waals surface area contributed by atoms with Crippen LogP contribution in [-0.2, 0) is 25.6 Å². The first-order valence-electron chi connectivity index (χ1n) is 7.60. The molecule has 2 aromatic heterocycles. The molecule has 0 N–H and O–H groups in total. The second-order valence-electron chi connectivity index (χ2n) is 5.61. The highest BCUT2D eigenvalue weighted by Crippen LogP contribution is 2.35. The van der Waals surface area contributed by atoms with Gasteiger partial charge in [0.05, 0.1) is 16.6 Å². The van der Waals surface area contributed by atoms with Crippen molar-refractivity contribution in [2.24, 2.45) is 0 Å². The summed E-state index contributed by atoms with van der Waals surface area (Å²) in [4.78, 5) is 0. The Morgan fingerprint density at radius 3 is 2.42 bits per heavy atom. The molecule has 10 heteroatoms. The summed E-state index contributed by atoms with van der Waals surface area (Å²) in [5, 5.41) is 12.2. The molecular formula is C16H13BrClF3N4O. The first-order chi connectivity index (χ1) is 12.2. The summed E-state index contributed by atoms with van der Waals surface area (Å²) in [6.45, 7) is 1.76. The molecule has 0 amide bonds. The van der Waals surface area contributed by atoms with Gasteiger partial charge >= 0.3 is 6.18 Å². The summed E-state index contributed by atoms with van der Waals surface area (Å²) in [5.41, 5.74) is 0.411. The summed E-state index contributed by atoms with van der Waals surface area (Å²) in [6, 6.07) is 7.25. The minimum Gasteiger partial charge on any atom is -0.425 e. The van der Waals surface area contributed by atoms with Gasteiger partial charge in [0.2, 0.25) is 11.8 Å². The molecular weight excluding hydrogens is 437 g/mol. The number of rotatable bonds is 5. The van der Waals surface area contributed by atoms with E-state index < -0.39 is 11.9 Å². The molecule has 2 heterocycles. The van der Waals surface area contributed by atoms with Crippen LogP contribution in [0.5, 0.6) is 0 Å². The number of nitrogens with zero attached hydrogens (tertiary/aromatic N) is 4. The highest BCUT2D eigenvalue weighted by Gasteiger charge is 2.37. The monoisotopic (exact) mass is 448 g/mol. The summed E-state index contributed by atoms with van der Waals surface area (Å²) < 4.78 is 45.4. The van der Waals surface area contributed by atoms with Gasteiger partial charge in [0.25, 0.3) is 0 Å². The predicted octanol–water partition coefficient (Wildman–Crippen LogP) is 4.84. The van der Waals surface area contributed by atoms with Crippen molar-refractivity contribution >= 4 is 27.5 Å². The Balaban J connectivity index is 1.66. The zero-order valence-corrected chi connectivity index (χ0v) is 15.9. The normalized spacial score (nSPS) is 11.9. The molecule has 3 rings (SSSR count). The van der Waals surface area contributed by atoms with E-state index in [0.717, 1.165) is 5.56 Å². The molecule has 0 spiro atoms. The zero-order valence-electron chi connectivity index (χ0n) is 13.5. The number of aromatic nitrogens is 4. The van der Waals surface area contributed by atoms with Gasteiger partial charge in [-0.05, 0) is 40.5 Å². The first-order valence-corrected chi connectivity index (χ1v) is 8.77. The van der Waals surface area contributed by atoms with E-state index in [2.05, 4.69) is 31.2 Å². The van der Waals surface area contributed by atoms with Crippen molar-refractivity contribution in [1.29, 1.82) is 0 Å². The minimum absolute atomic E-state index is 0.0565. The molecule has 0 aliphatic rings. The Kier molecular flexibility index (Phi) is 5.38. The van der Waals surface area contributed by atoms with E-state index in [4.69, 9.17) is 16.0 Å². The number of halogens is 5. The lowest BCUT2D eigenvalue weighted by Gasteiger charge is -2.02. The molecule has 0 saturated carbocycles. The molecule has 0 saturated heterocycles. The Morgan fingerprint density at radius 1 is 1.15 bits per heavy atom. The molecule has 0 fully saturated rings.